The van der Waals surface area contributed by atoms with Gasteiger partial charge in [-0.05, 0) is 24.9 Å². The van der Waals surface area contributed by atoms with E-state index in [0.717, 1.165) is 0 Å². The maximum absolute atomic E-state index is 12.7. The third-order valence-corrected chi connectivity index (χ3v) is 5.13. The first-order valence-corrected chi connectivity index (χ1v) is 11.5. The Labute approximate surface area is 194 Å². The Kier molecular flexibility index (Phi) is 14.1. The molecule has 10 N–H and O–H groups in total. The molecule has 0 aliphatic rings. The van der Waals surface area contributed by atoms with Crippen LogP contribution in [0.1, 0.15) is 25.7 Å². The molecule has 0 aliphatic carbocycles. The van der Waals surface area contributed by atoms with Gasteiger partial charge in [0.05, 0.1) is 12.5 Å². The highest BCUT2D eigenvalue weighted by atomic mass is 32.2. The molecule has 0 saturated heterocycles. The lowest BCUT2D eigenvalue weighted by Crippen LogP contribution is -2.58. The molecule has 0 rings (SSSR count). The zero-order valence-corrected chi connectivity index (χ0v) is 19.2. The molecule has 5 amide bonds. The molecule has 0 aliphatic heterocycles. The van der Waals surface area contributed by atoms with Crippen LogP contribution in [0, 0.1) is 0 Å². The first-order chi connectivity index (χ1) is 14.9. The third kappa shape index (κ3) is 11.8. The maximum Gasteiger partial charge on any atom is 0.327 e. The molecule has 32 heavy (non-hydrogen) atoms. The molecular weight excluding hydrogens is 464 g/mol. The van der Waals surface area contributed by atoms with Gasteiger partial charge in [0.2, 0.25) is 29.5 Å². The van der Waals surface area contributed by atoms with Crippen molar-refractivity contribution >= 4 is 59.9 Å². The van der Waals surface area contributed by atoms with E-state index in [0.29, 0.717) is 5.75 Å². The highest BCUT2D eigenvalue weighted by Crippen LogP contribution is 2.05. The SMILES string of the molecule is CSCCC(NC(=O)C(N)CCC(N)=O)C(=O)NC(CC(N)=O)C(=O)NC(CS)C(=O)O. The average molecular weight is 495 g/mol. The van der Waals surface area contributed by atoms with Crippen LogP contribution in [0.25, 0.3) is 0 Å². The van der Waals surface area contributed by atoms with Gasteiger partial charge in [-0.3, -0.25) is 24.0 Å². The van der Waals surface area contributed by atoms with E-state index >= 15 is 0 Å². The number of hydrogen-bond donors (Lipinski definition) is 8. The van der Waals surface area contributed by atoms with E-state index in [4.69, 9.17) is 22.3 Å². The molecule has 182 valence electrons. The van der Waals surface area contributed by atoms with E-state index in [-0.39, 0.29) is 25.0 Å². The minimum Gasteiger partial charge on any atom is -0.480 e. The number of nitrogens with one attached hydrogen (secondary N) is 3. The van der Waals surface area contributed by atoms with Crippen LogP contribution in [0.5, 0.6) is 0 Å². The fourth-order valence-electron chi connectivity index (χ4n) is 2.35. The highest BCUT2D eigenvalue weighted by molar-refractivity contribution is 7.98. The van der Waals surface area contributed by atoms with Gasteiger partial charge >= 0.3 is 5.97 Å². The number of carbonyl (C=O) groups is 6. The molecule has 0 aromatic heterocycles. The quantitative estimate of drug-likeness (QED) is 0.1000. The first kappa shape index (κ1) is 29.5. The van der Waals surface area contributed by atoms with Crippen LogP contribution < -0.4 is 33.2 Å². The molecule has 0 aromatic rings. The lowest BCUT2D eigenvalue weighted by atomic mass is 10.1. The van der Waals surface area contributed by atoms with Crippen molar-refractivity contribution in [3.05, 3.63) is 0 Å². The number of nitrogens with two attached hydrogens (primary N) is 3. The zero-order chi connectivity index (χ0) is 24.8. The monoisotopic (exact) mass is 494 g/mol. The van der Waals surface area contributed by atoms with Crippen molar-refractivity contribution in [1.82, 2.24) is 16.0 Å². The van der Waals surface area contributed by atoms with Gasteiger partial charge in [-0.1, -0.05) is 0 Å². The summed E-state index contributed by atoms with van der Waals surface area (Å²) in [6.45, 7) is 0. The molecule has 0 radical (unpaired) electrons. The lowest BCUT2D eigenvalue weighted by Gasteiger charge is -2.24. The van der Waals surface area contributed by atoms with Gasteiger partial charge in [0.25, 0.3) is 0 Å². The smallest absolute Gasteiger partial charge is 0.327 e. The Hall–Kier alpha value is -2.52. The van der Waals surface area contributed by atoms with Gasteiger partial charge in [0, 0.05) is 12.2 Å². The number of thioether (sulfide) groups is 1. The number of carboxylic acid groups (broad SMARTS) is 1. The third-order valence-electron chi connectivity index (χ3n) is 4.12. The Morgan fingerprint density at radius 1 is 0.875 bits per heavy atom. The molecule has 15 heteroatoms. The average Bonchev–Trinajstić information content (AvgIpc) is 2.71. The number of aliphatic carboxylic acids is 1. The summed E-state index contributed by atoms with van der Waals surface area (Å²) in [5.41, 5.74) is 15.9. The van der Waals surface area contributed by atoms with Crippen LogP contribution in [0.3, 0.4) is 0 Å². The van der Waals surface area contributed by atoms with Crippen LogP contribution in [-0.2, 0) is 28.8 Å². The van der Waals surface area contributed by atoms with Crippen LogP contribution in [0.15, 0.2) is 0 Å². The Bertz CT molecular complexity index is 709. The molecular formula is C17H30N6O7S2. The summed E-state index contributed by atoms with van der Waals surface area (Å²) < 4.78 is 0. The minimum absolute atomic E-state index is 0.0228. The van der Waals surface area contributed by atoms with Gasteiger partial charge in [-0.15, -0.1) is 0 Å². The van der Waals surface area contributed by atoms with Gasteiger partial charge in [-0.2, -0.15) is 24.4 Å². The zero-order valence-electron chi connectivity index (χ0n) is 17.5. The van der Waals surface area contributed by atoms with E-state index < -0.39 is 66.1 Å². The molecule has 0 bridgehead atoms. The standard InChI is InChI=1S/C17H30N6O7S2/c1-32-5-4-9(21-14(26)8(18)2-3-12(19)24)15(27)22-10(6-13(20)25)16(28)23-11(7-31)17(29)30/h8-11,31H,2-7,18H2,1H3,(H2,19,24)(H2,20,25)(H,21,26)(H,22,27)(H,23,28)(H,29,30). The number of hydrogen-bond acceptors (Lipinski definition) is 9. The predicted molar refractivity (Wildman–Crippen MR) is 120 cm³/mol. The molecule has 0 fully saturated rings. The summed E-state index contributed by atoms with van der Waals surface area (Å²) in [6.07, 6.45) is 1.21. The minimum atomic E-state index is -1.47. The summed E-state index contributed by atoms with van der Waals surface area (Å²) >= 11 is 5.23. The van der Waals surface area contributed by atoms with E-state index in [9.17, 15) is 28.8 Å². The van der Waals surface area contributed by atoms with Crippen molar-refractivity contribution in [2.45, 2.75) is 49.9 Å². The van der Waals surface area contributed by atoms with E-state index in [1.165, 1.54) is 11.8 Å². The summed E-state index contributed by atoms with van der Waals surface area (Å²) in [5.74, 6) is -5.12. The van der Waals surface area contributed by atoms with Crippen molar-refractivity contribution < 1.29 is 33.9 Å². The van der Waals surface area contributed by atoms with Crippen molar-refractivity contribution in [2.75, 3.05) is 17.8 Å². The Morgan fingerprint density at radius 3 is 1.88 bits per heavy atom. The topological polar surface area (TPSA) is 237 Å². The lowest BCUT2D eigenvalue weighted by molar-refractivity contribution is -0.141. The van der Waals surface area contributed by atoms with Crippen molar-refractivity contribution in [3.8, 4) is 0 Å². The number of carboxylic acids is 1. The summed E-state index contributed by atoms with van der Waals surface area (Å²) in [6, 6.07) is -5.03. The van der Waals surface area contributed by atoms with Crippen LogP contribution >= 0.6 is 24.4 Å². The maximum atomic E-state index is 12.7. The summed E-state index contributed by atoms with van der Waals surface area (Å²) in [4.78, 5) is 70.8. The number of amides is 5. The largest absolute Gasteiger partial charge is 0.480 e. The molecule has 13 nitrogen and oxygen atoms in total. The van der Waals surface area contributed by atoms with Crippen molar-refractivity contribution in [3.63, 3.8) is 0 Å². The number of primary amides is 2. The number of thiol groups is 1. The van der Waals surface area contributed by atoms with Crippen molar-refractivity contribution in [1.29, 1.82) is 0 Å². The predicted octanol–water partition coefficient (Wildman–Crippen LogP) is -3.32. The molecule has 0 heterocycles. The highest BCUT2D eigenvalue weighted by Gasteiger charge is 2.30. The second-order valence-electron chi connectivity index (χ2n) is 6.77. The van der Waals surface area contributed by atoms with Crippen LogP contribution in [0.2, 0.25) is 0 Å². The molecule has 0 aromatic carbocycles. The molecule has 4 unspecified atom stereocenters. The van der Waals surface area contributed by atoms with Gasteiger partial charge in [0.15, 0.2) is 0 Å². The van der Waals surface area contributed by atoms with Crippen LogP contribution in [-0.4, -0.2) is 82.5 Å². The normalized spacial score (nSPS) is 14.3. The van der Waals surface area contributed by atoms with E-state index in [1.807, 2.05) is 0 Å². The molecule has 4 atom stereocenters. The first-order valence-electron chi connectivity index (χ1n) is 9.48. The van der Waals surface area contributed by atoms with Gasteiger partial charge in [-0.25, -0.2) is 4.79 Å². The van der Waals surface area contributed by atoms with Gasteiger partial charge < -0.3 is 38.3 Å². The summed E-state index contributed by atoms with van der Waals surface area (Å²) in [7, 11) is 0. The Morgan fingerprint density at radius 2 is 1.41 bits per heavy atom. The second kappa shape index (κ2) is 15.3. The second-order valence-corrected chi connectivity index (χ2v) is 8.12. The number of rotatable bonds is 16. The number of carbonyl (C=O) groups excluding carboxylic acids is 5. The molecule has 0 saturated carbocycles. The van der Waals surface area contributed by atoms with E-state index in [2.05, 4.69) is 28.6 Å². The van der Waals surface area contributed by atoms with Crippen LogP contribution in [0.4, 0.5) is 0 Å². The fraction of sp³-hybridized carbons (Fsp3) is 0.647. The Balaban J connectivity index is 5.36. The van der Waals surface area contributed by atoms with E-state index in [1.54, 1.807) is 6.26 Å². The molecule has 0 spiro atoms. The van der Waals surface area contributed by atoms with Gasteiger partial charge in [0.1, 0.15) is 18.1 Å². The van der Waals surface area contributed by atoms with Crippen molar-refractivity contribution in [2.24, 2.45) is 17.2 Å². The summed E-state index contributed by atoms with van der Waals surface area (Å²) in [5, 5.41) is 16.0. The fourth-order valence-corrected chi connectivity index (χ4v) is 3.07.